The Morgan fingerprint density at radius 1 is 0.853 bits per heavy atom. The van der Waals surface area contributed by atoms with E-state index in [-0.39, 0.29) is 29.6 Å². The monoisotopic (exact) mass is 483 g/mol. The van der Waals surface area contributed by atoms with Crippen LogP contribution < -0.4 is 9.62 Å². The van der Waals surface area contributed by atoms with Crippen molar-refractivity contribution >= 4 is 27.5 Å². The van der Waals surface area contributed by atoms with E-state index in [4.69, 9.17) is 0 Å². The lowest BCUT2D eigenvalue weighted by molar-refractivity contribution is -0.133. The standard InChI is InChI=1S/C26H33N3O4S/c30-25(28-17-6-1-2-7-18-28)12-13-26(31)29-19-15-22-20-23(10-11-24(22)29)34(32,33)27-16-14-21-8-4-3-5-9-21/h3-5,8-11,20,27H,1-2,6-7,12-19H2. The Labute approximate surface area is 202 Å². The number of nitrogens with zero attached hydrogens (tertiary/aromatic N) is 2. The topological polar surface area (TPSA) is 86.8 Å². The first-order valence-corrected chi connectivity index (χ1v) is 13.7. The second-order valence-electron chi connectivity index (χ2n) is 9.01. The number of hydrogen-bond donors (Lipinski definition) is 1. The molecule has 1 saturated heterocycles. The predicted octanol–water partition coefficient (Wildman–Crippen LogP) is 3.28. The molecule has 34 heavy (non-hydrogen) atoms. The summed E-state index contributed by atoms with van der Waals surface area (Å²) in [6, 6.07) is 14.7. The number of hydrogen-bond acceptors (Lipinski definition) is 4. The highest BCUT2D eigenvalue weighted by molar-refractivity contribution is 7.89. The number of likely N-dealkylation sites (tertiary alicyclic amines) is 1. The summed E-state index contributed by atoms with van der Waals surface area (Å²) >= 11 is 0. The smallest absolute Gasteiger partial charge is 0.240 e. The SMILES string of the molecule is O=C(CCC(=O)N1CCc2cc(S(=O)(=O)NCCc3ccccc3)ccc21)N1CCCCCC1. The van der Waals surface area contributed by atoms with Crippen LogP contribution in [0.2, 0.25) is 0 Å². The Hall–Kier alpha value is -2.71. The molecule has 0 saturated carbocycles. The number of sulfonamides is 1. The molecular weight excluding hydrogens is 450 g/mol. The fourth-order valence-electron chi connectivity index (χ4n) is 4.69. The highest BCUT2D eigenvalue weighted by atomic mass is 32.2. The van der Waals surface area contributed by atoms with E-state index >= 15 is 0 Å². The summed E-state index contributed by atoms with van der Waals surface area (Å²) in [5.41, 5.74) is 2.66. The first-order valence-electron chi connectivity index (χ1n) is 12.2. The summed E-state index contributed by atoms with van der Waals surface area (Å²) in [4.78, 5) is 29.2. The van der Waals surface area contributed by atoms with E-state index in [1.54, 1.807) is 23.1 Å². The molecule has 182 valence electrons. The first-order chi connectivity index (χ1) is 16.4. The van der Waals surface area contributed by atoms with Crippen molar-refractivity contribution in [3.05, 3.63) is 59.7 Å². The molecule has 2 aliphatic heterocycles. The number of benzene rings is 2. The van der Waals surface area contributed by atoms with Crippen LogP contribution in [0.3, 0.4) is 0 Å². The van der Waals surface area contributed by atoms with Crippen LogP contribution in [0.5, 0.6) is 0 Å². The molecule has 2 aliphatic rings. The van der Waals surface area contributed by atoms with Crippen molar-refractivity contribution in [2.24, 2.45) is 0 Å². The van der Waals surface area contributed by atoms with E-state index < -0.39 is 10.0 Å². The number of carbonyl (C=O) groups excluding carboxylic acids is 2. The molecule has 8 heteroatoms. The maximum atomic E-state index is 12.8. The lowest BCUT2D eigenvalue weighted by Gasteiger charge is -2.21. The van der Waals surface area contributed by atoms with Crippen LogP contribution >= 0.6 is 0 Å². The Morgan fingerprint density at radius 2 is 1.56 bits per heavy atom. The Bertz CT molecular complexity index is 1110. The summed E-state index contributed by atoms with van der Waals surface area (Å²) in [6.45, 7) is 2.41. The first kappa shape index (κ1) is 24.4. The fourth-order valence-corrected chi connectivity index (χ4v) is 5.77. The molecule has 2 aromatic carbocycles. The highest BCUT2D eigenvalue weighted by Gasteiger charge is 2.27. The van der Waals surface area contributed by atoms with Gasteiger partial charge in [-0.3, -0.25) is 9.59 Å². The van der Waals surface area contributed by atoms with Gasteiger partial charge in [-0.05, 0) is 55.0 Å². The molecule has 0 aliphatic carbocycles. The maximum absolute atomic E-state index is 12.8. The van der Waals surface area contributed by atoms with E-state index in [0.29, 0.717) is 25.9 Å². The largest absolute Gasteiger partial charge is 0.343 e. The second-order valence-corrected chi connectivity index (χ2v) is 10.8. The molecule has 0 radical (unpaired) electrons. The average molecular weight is 484 g/mol. The van der Waals surface area contributed by atoms with Crippen LogP contribution in [0.15, 0.2) is 53.4 Å². The quantitative estimate of drug-likeness (QED) is 0.624. The summed E-state index contributed by atoms with van der Waals surface area (Å²) < 4.78 is 28.2. The Kier molecular flexibility index (Phi) is 8.00. The summed E-state index contributed by atoms with van der Waals surface area (Å²) in [5, 5.41) is 0. The molecule has 0 unspecified atom stereocenters. The number of rotatable bonds is 8. The van der Waals surface area contributed by atoms with E-state index in [9.17, 15) is 18.0 Å². The minimum absolute atomic E-state index is 0.0534. The van der Waals surface area contributed by atoms with Gasteiger partial charge < -0.3 is 9.80 Å². The molecule has 0 atom stereocenters. The van der Waals surface area contributed by atoms with Gasteiger partial charge >= 0.3 is 0 Å². The zero-order chi connectivity index (χ0) is 24.0. The van der Waals surface area contributed by atoms with Crippen molar-refractivity contribution in [2.75, 3.05) is 31.1 Å². The van der Waals surface area contributed by atoms with Crippen molar-refractivity contribution in [1.82, 2.24) is 9.62 Å². The van der Waals surface area contributed by atoms with Crippen LogP contribution in [-0.2, 0) is 32.5 Å². The van der Waals surface area contributed by atoms with Gasteiger partial charge in [0.05, 0.1) is 4.90 Å². The molecule has 2 heterocycles. The van der Waals surface area contributed by atoms with Gasteiger partial charge in [0.2, 0.25) is 21.8 Å². The van der Waals surface area contributed by atoms with Crippen LogP contribution in [0, 0.1) is 0 Å². The van der Waals surface area contributed by atoms with Crippen LogP contribution in [0.4, 0.5) is 5.69 Å². The van der Waals surface area contributed by atoms with Gasteiger partial charge in [0.1, 0.15) is 0 Å². The van der Waals surface area contributed by atoms with E-state index in [2.05, 4.69) is 4.72 Å². The van der Waals surface area contributed by atoms with Crippen LogP contribution in [0.1, 0.15) is 49.7 Å². The lowest BCUT2D eigenvalue weighted by Crippen LogP contribution is -2.34. The molecule has 1 fully saturated rings. The van der Waals surface area contributed by atoms with Gasteiger partial charge in [-0.15, -0.1) is 0 Å². The van der Waals surface area contributed by atoms with Gasteiger partial charge in [0, 0.05) is 44.7 Å². The number of amides is 2. The van der Waals surface area contributed by atoms with Crippen molar-refractivity contribution in [3.63, 3.8) is 0 Å². The van der Waals surface area contributed by atoms with Gasteiger partial charge in [-0.1, -0.05) is 43.2 Å². The van der Waals surface area contributed by atoms with Crippen LogP contribution in [-0.4, -0.2) is 51.3 Å². The second kappa shape index (κ2) is 11.1. The highest BCUT2D eigenvalue weighted by Crippen LogP contribution is 2.31. The van der Waals surface area contributed by atoms with E-state index in [1.807, 2.05) is 35.2 Å². The zero-order valence-corrected chi connectivity index (χ0v) is 20.4. The molecule has 2 amide bonds. The van der Waals surface area contributed by atoms with Gasteiger partial charge in [0.15, 0.2) is 0 Å². The van der Waals surface area contributed by atoms with Crippen LogP contribution in [0.25, 0.3) is 0 Å². The third kappa shape index (κ3) is 6.04. The van der Waals surface area contributed by atoms with E-state index in [0.717, 1.165) is 55.6 Å². The number of carbonyl (C=O) groups is 2. The molecule has 0 bridgehead atoms. The van der Waals surface area contributed by atoms with Crippen molar-refractivity contribution in [2.45, 2.75) is 56.3 Å². The third-order valence-corrected chi connectivity index (χ3v) is 8.08. The summed E-state index contributed by atoms with van der Waals surface area (Å²) in [6.07, 6.45) is 6.01. The average Bonchev–Trinajstić information content (AvgIpc) is 3.07. The van der Waals surface area contributed by atoms with Gasteiger partial charge in [-0.25, -0.2) is 13.1 Å². The zero-order valence-electron chi connectivity index (χ0n) is 19.5. The molecule has 0 aromatic heterocycles. The summed E-state index contributed by atoms with van der Waals surface area (Å²) in [7, 11) is -3.63. The molecule has 0 spiro atoms. The number of anilines is 1. The van der Waals surface area contributed by atoms with Crippen molar-refractivity contribution < 1.29 is 18.0 Å². The number of fused-ring (bicyclic) bond motifs is 1. The minimum atomic E-state index is -3.63. The van der Waals surface area contributed by atoms with Crippen molar-refractivity contribution in [3.8, 4) is 0 Å². The minimum Gasteiger partial charge on any atom is -0.343 e. The summed E-state index contributed by atoms with van der Waals surface area (Å²) in [5.74, 6) is -0.0313. The molecular formula is C26H33N3O4S. The normalized spacial score (nSPS) is 16.2. The lowest BCUT2D eigenvalue weighted by atomic mass is 10.2. The molecule has 7 nitrogen and oxygen atoms in total. The molecule has 1 N–H and O–H groups in total. The predicted molar refractivity (Wildman–Crippen MR) is 132 cm³/mol. The molecule has 4 rings (SSSR count). The van der Waals surface area contributed by atoms with E-state index in [1.165, 1.54) is 0 Å². The Morgan fingerprint density at radius 3 is 2.29 bits per heavy atom. The fraction of sp³-hybridized carbons (Fsp3) is 0.462. The third-order valence-electron chi connectivity index (χ3n) is 6.62. The van der Waals surface area contributed by atoms with Gasteiger partial charge in [-0.2, -0.15) is 0 Å². The van der Waals surface area contributed by atoms with Crippen molar-refractivity contribution in [1.29, 1.82) is 0 Å². The Balaban J connectivity index is 1.33. The maximum Gasteiger partial charge on any atom is 0.240 e. The number of nitrogens with one attached hydrogen (secondary N) is 1. The van der Waals surface area contributed by atoms with Gasteiger partial charge in [0.25, 0.3) is 0 Å². The molecule has 2 aromatic rings.